The minimum Gasteiger partial charge on any atom is -0.477 e. The standard InChI is InChI=1S/C30H29IN2O5/c1-2-36-28-24(31)19-33(29(35)32-28)27-18-25(34)26(38-27)20-37-30(21-12-6-3-7-13-21,22-14-8-4-9-15-22)23-16-10-5-11-17-23/h3-17,19,25-27,34H,2,18,20H2,1H3/t25-,26+,27+/m0/s1. The Morgan fingerprint density at radius 2 is 1.50 bits per heavy atom. The van der Waals surface area contributed by atoms with Crippen LogP contribution in [0.25, 0.3) is 0 Å². The Hall–Kier alpha value is -3.05. The van der Waals surface area contributed by atoms with Gasteiger partial charge in [-0.15, -0.1) is 0 Å². The molecule has 0 bridgehead atoms. The highest BCUT2D eigenvalue weighted by molar-refractivity contribution is 14.1. The third-order valence-corrected chi connectivity index (χ3v) is 7.42. The van der Waals surface area contributed by atoms with Crippen LogP contribution in [0.15, 0.2) is 102 Å². The molecule has 1 saturated heterocycles. The summed E-state index contributed by atoms with van der Waals surface area (Å²) in [6.45, 7) is 2.36. The number of benzene rings is 3. The predicted molar refractivity (Wildman–Crippen MR) is 152 cm³/mol. The molecule has 8 heteroatoms. The van der Waals surface area contributed by atoms with Crippen molar-refractivity contribution >= 4 is 22.6 Å². The summed E-state index contributed by atoms with van der Waals surface area (Å²) < 4.78 is 20.6. The summed E-state index contributed by atoms with van der Waals surface area (Å²) in [6, 6.07) is 30.1. The summed E-state index contributed by atoms with van der Waals surface area (Å²) in [5.74, 6) is 0.297. The number of halogens is 1. The smallest absolute Gasteiger partial charge is 0.353 e. The zero-order valence-electron chi connectivity index (χ0n) is 20.9. The average molecular weight is 624 g/mol. The van der Waals surface area contributed by atoms with Gasteiger partial charge in [0.25, 0.3) is 0 Å². The van der Waals surface area contributed by atoms with E-state index in [4.69, 9.17) is 14.2 Å². The molecule has 0 unspecified atom stereocenters. The van der Waals surface area contributed by atoms with Crippen molar-refractivity contribution in [3.63, 3.8) is 0 Å². The second kappa shape index (κ2) is 11.8. The van der Waals surface area contributed by atoms with Crippen LogP contribution in [-0.2, 0) is 15.1 Å². The highest BCUT2D eigenvalue weighted by Crippen LogP contribution is 2.41. The fourth-order valence-corrected chi connectivity index (χ4v) is 5.46. The van der Waals surface area contributed by atoms with Gasteiger partial charge in [-0.1, -0.05) is 91.0 Å². The quantitative estimate of drug-likeness (QED) is 0.211. The van der Waals surface area contributed by atoms with Gasteiger partial charge in [0, 0.05) is 12.6 Å². The lowest BCUT2D eigenvalue weighted by molar-refractivity contribution is -0.0944. The minimum atomic E-state index is -0.933. The second-order valence-electron chi connectivity index (χ2n) is 9.04. The van der Waals surface area contributed by atoms with Crippen molar-refractivity contribution < 1.29 is 19.3 Å². The van der Waals surface area contributed by atoms with E-state index in [-0.39, 0.29) is 13.0 Å². The van der Waals surface area contributed by atoms with Crippen molar-refractivity contribution in [2.45, 2.75) is 37.4 Å². The van der Waals surface area contributed by atoms with Gasteiger partial charge >= 0.3 is 5.69 Å². The number of ether oxygens (including phenoxy) is 3. The van der Waals surface area contributed by atoms with Crippen molar-refractivity contribution in [1.29, 1.82) is 0 Å². The van der Waals surface area contributed by atoms with E-state index in [9.17, 15) is 9.90 Å². The molecule has 1 N–H and O–H groups in total. The summed E-state index contributed by atoms with van der Waals surface area (Å²) in [7, 11) is 0. The summed E-state index contributed by atoms with van der Waals surface area (Å²) in [4.78, 5) is 16.8. The molecule has 0 aliphatic carbocycles. The first-order valence-corrected chi connectivity index (χ1v) is 13.7. The Kier molecular flexibility index (Phi) is 8.23. The lowest BCUT2D eigenvalue weighted by atomic mass is 9.80. The first kappa shape index (κ1) is 26.6. The van der Waals surface area contributed by atoms with Gasteiger partial charge in [-0.05, 0) is 46.2 Å². The molecule has 2 heterocycles. The Balaban J connectivity index is 1.47. The number of aliphatic hydroxyl groups is 1. The first-order valence-electron chi connectivity index (χ1n) is 12.6. The normalized spacial score (nSPS) is 19.4. The van der Waals surface area contributed by atoms with Crippen LogP contribution in [-0.4, -0.2) is 40.1 Å². The number of nitrogens with zero attached hydrogens (tertiary/aromatic N) is 2. The van der Waals surface area contributed by atoms with E-state index in [1.165, 1.54) is 4.57 Å². The van der Waals surface area contributed by atoms with Gasteiger partial charge in [-0.25, -0.2) is 4.79 Å². The highest BCUT2D eigenvalue weighted by atomic mass is 127. The fraction of sp³-hybridized carbons (Fsp3) is 0.267. The SMILES string of the molecule is CCOc1nc(=O)n([C@H]2C[C@H](O)[C@@H](COC(c3ccccc3)(c3ccccc3)c3ccccc3)O2)cc1I. The zero-order valence-corrected chi connectivity index (χ0v) is 23.1. The number of aliphatic hydroxyl groups excluding tert-OH is 1. The number of aromatic nitrogens is 2. The number of hydrogen-bond acceptors (Lipinski definition) is 6. The van der Waals surface area contributed by atoms with E-state index in [0.717, 1.165) is 16.7 Å². The first-order chi connectivity index (χ1) is 18.5. The summed E-state index contributed by atoms with van der Waals surface area (Å²) in [6.07, 6.45) is -0.233. The van der Waals surface area contributed by atoms with E-state index in [0.29, 0.717) is 16.1 Å². The molecule has 3 aromatic carbocycles. The molecular formula is C30H29IN2O5. The van der Waals surface area contributed by atoms with Crippen LogP contribution in [0.3, 0.4) is 0 Å². The topological polar surface area (TPSA) is 82.8 Å². The van der Waals surface area contributed by atoms with E-state index >= 15 is 0 Å². The molecule has 0 radical (unpaired) electrons. The molecule has 1 fully saturated rings. The molecule has 3 atom stereocenters. The molecule has 0 saturated carbocycles. The Morgan fingerprint density at radius 1 is 0.974 bits per heavy atom. The zero-order chi connectivity index (χ0) is 26.5. The molecule has 4 aromatic rings. The highest BCUT2D eigenvalue weighted by Gasteiger charge is 2.42. The minimum absolute atomic E-state index is 0.104. The van der Waals surface area contributed by atoms with Crippen LogP contribution < -0.4 is 10.4 Å². The molecule has 0 spiro atoms. The lowest BCUT2D eigenvalue weighted by Gasteiger charge is -2.37. The van der Waals surface area contributed by atoms with Crippen LogP contribution in [0.1, 0.15) is 36.3 Å². The van der Waals surface area contributed by atoms with Crippen molar-refractivity contribution in [3.8, 4) is 5.88 Å². The van der Waals surface area contributed by atoms with Gasteiger partial charge in [-0.3, -0.25) is 4.57 Å². The molecule has 0 amide bonds. The number of rotatable bonds is 9. The maximum atomic E-state index is 12.7. The van der Waals surface area contributed by atoms with E-state index in [1.807, 2.05) is 97.9 Å². The van der Waals surface area contributed by atoms with Gasteiger partial charge in [0.2, 0.25) is 5.88 Å². The number of hydrogen-bond donors (Lipinski definition) is 1. The van der Waals surface area contributed by atoms with Gasteiger partial charge in [0.1, 0.15) is 17.9 Å². The summed E-state index contributed by atoms with van der Waals surface area (Å²) in [5.41, 5.74) is 1.46. The van der Waals surface area contributed by atoms with E-state index in [2.05, 4.69) is 27.6 Å². The van der Waals surface area contributed by atoms with Gasteiger partial charge in [-0.2, -0.15) is 4.98 Å². The van der Waals surface area contributed by atoms with Crippen molar-refractivity contribution in [3.05, 3.63) is 128 Å². The molecule has 7 nitrogen and oxygen atoms in total. The maximum Gasteiger partial charge on any atom is 0.353 e. The average Bonchev–Trinajstić information content (AvgIpc) is 3.33. The summed E-state index contributed by atoms with van der Waals surface area (Å²) in [5, 5.41) is 11.0. The summed E-state index contributed by atoms with van der Waals surface area (Å²) >= 11 is 2.08. The third kappa shape index (κ3) is 5.26. The van der Waals surface area contributed by atoms with Crippen LogP contribution >= 0.6 is 22.6 Å². The van der Waals surface area contributed by atoms with Crippen molar-refractivity contribution in [2.75, 3.05) is 13.2 Å². The van der Waals surface area contributed by atoms with Crippen LogP contribution in [0, 0.1) is 3.57 Å². The molecule has 1 aromatic heterocycles. The fourth-order valence-electron chi connectivity index (χ4n) is 4.89. The largest absolute Gasteiger partial charge is 0.477 e. The molecule has 196 valence electrons. The van der Waals surface area contributed by atoms with Gasteiger partial charge in [0.05, 0.1) is 22.9 Å². The molecular weight excluding hydrogens is 595 g/mol. The van der Waals surface area contributed by atoms with Crippen molar-refractivity contribution in [1.82, 2.24) is 9.55 Å². The Labute approximate surface area is 235 Å². The van der Waals surface area contributed by atoms with Crippen LogP contribution in [0.5, 0.6) is 5.88 Å². The second-order valence-corrected chi connectivity index (χ2v) is 10.2. The van der Waals surface area contributed by atoms with Crippen molar-refractivity contribution in [2.24, 2.45) is 0 Å². The predicted octanol–water partition coefficient (Wildman–Crippen LogP) is 4.90. The molecule has 5 rings (SSSR count). The Morgan fingerprint density at radius 3 is 2.00 bits per heavy atom. The van der Waals surface area contributed by atoms with Crippen LogP contribution in [0.2, 0.25) is 0 Å². The lowest BCUT2D eigenvalue weighted by Crippen LogP contribution is -2.38. The van der Waals surface area contributed by atoms with E-state index < -0.39 is 29.7 Å². The Bertz CT molecular complexity index is 1300. The molecule has 38 heavy (non-hydrogen) atoms. The maximum absolute atomic E-state index is 12.7. The van der Waals surface area contributed by atoms with E-state index in [1.54, 1.807) is 6.20 Å². The monoisotopic (exact) mass is 624 g/mol. The molecule has 1 aliphatic heterocycles. The van der Waals surface area contributed by atoms with Crippen LogP contribution in [0.4, 0.5) is 0 Å². The van der Waals surface area contributed by atoms with Gasteiger partial charge in [0.15, 0.2) is 0 Å². The molecule has 1 aliphatic rings. The third-order valence-electron chi connectivity index (χ3n) is 6.68. The van der Waals surface area contributed by atoms with Gasteiger partial charge < -0.3 is 19.3 Å².